The molecule has 0 atom stereocenters. The van der Waals surface area contributed by atoms with Crippen molar-refractivity contribution in [1.29, 1.82) is 0 Å². The van der Waals surface area contributed by atoms with E-state index in [9.17, 15) is 21.6 Å². The van der Waals surface area contributed by atoms with Gasteiger partial charge in [0.15, 0.2) is 0 Å². The summed E-state index contributed by atoms with van der Waals surface area (Å²) < 4.78 is 60.4. The average molecular weight is 340 g/mol. The Balaban J connectivity index is 4.50. The summed E-state index contributed by atoms with van der Waals surface area (Å²) in [5.41, 5.74) is -0.656. The van der Waals surface area contributed by atoms with Crippen LogP contribution in [0.4, 0.5) is 13.2 Å². The second-order valence-corrected chi connectivity index (χ2v) is 7.13. The SMILES string of the molecule is CN(C(C)(C)CBr)S(=O)(=O)CCCC(F)(F)F. The maximum Gasteiger partial charge on any atom is 0.389 e. The van der Waals surface area contributed by atoms with Crippen LogP contribution in [0.15, 0.2) is 0 Å². The van der Waals surface area contributed by atoms with Crippen molar-refractivity contribution in [2.45, 2.75) is 38.4 Å². The lowest BCUT2D eigenvalue weighted by Crippen LogP contribution is -2.47. The molecule has 0 radical (unpaired) electrons. The molecular weight excluding hydrogens is 323 g/mol. The number of nitrogens with zero attached hydrogens (tertiary/aromatic N) is 1. The highest BCUT2D eigenvalue weighted by molar-refractivity contribution is 9.09. The summed E-state index contributed by atoms with van der Waals surface area (Å²) in [5, 5.41) is 0.412. The Bertz CT molecular complexity index is 341. The largest absolute Gasteiger partial charge is 0.389 e. The minimum Gasteiger partial charge on any atom is -0.212 e. The summed E-state index contributed by atoms with van der Waals surface area (Å²) >= 11 is 3.18. The van der Waals surface area contributed by atoms with Crippen LogP contribution in [-0.4, -0.2) is 42.6 Å². The van der Waals surface area contributed by atoms with Crippen LogP contribution in [0.2, 0.25) is 0 Å². The normalized spacial score (nSPS) is 14.4. The lowest BCUT2D eigenvalue weighted by Gasteiger charge is -2.33. The highest BCUT2D eigenvalue weighted by Crippen LogP contribution is 2.24. The quantitative estimate of drug-likeness (QED) is 0.698. The summed E-state index contributed by atoms with van der Waals surface area (Å²) in [6, 6.07) is 0. The van der Waals surface area contributed by atoms with Gasteiger partial charge in [0, 0.05) is 24.3 Å². The van der Waals surface area contributed by atoms with Crippen LogP contribution in [0.25, 0.3) is 0 Å². The van der Waals surface area contributed by atoms with Gasteiger partial charge in [-0.2, -0.15) is 17.5 Å². The van der Waals surface area contributed by atoms with Crippen molar-refractivity contribution in [3.05, 3.63) is 0 Å². The first-order valence-corrected chi connectivity index (χ1v) is 7.75. The summed E-state index contributed by atoms with van der Waals surface area (Å²) in [6.45, 7) is 3.39. The second-order valence-electron chi connectivity index (χ2n) is 4.45. The minimum atomic E-state index is -4.31. The second kappa shape index (κ2) is 5.88. The first-order chi connectivity index (χ1) is 7.42. The topological polar surface area (TPSA) is 37.4 Å². The van der Waals surface area contributed by atoms with E-state index in [-0.39, 0.29) is 0 Å². The fraction of sp³-hybridized carbons (Fsp3) is 1.00. The van der Waals surface area contributed by atoms with Gasteiger partial charge in [-0.3, -0.25) is 0 Å². The summed E-state index contributed by atoms with van der Waals surface area (Å²) in [7, 11) is -2.27. The van der Waals surface area contributed by atoms with Gasteiger partial charge in [0.05, 0.1) is 5.75 Å². The van der Waals surface area contributed by atoms with Gasteiger partial charge in [-0.1, -0.05) is 15.9 Å². The van der Waals surface area contributed by atoms with Gasteiger partial charge in [0.2, 0.25) is 10.0 Å². The Morgan fingerprint density at radius 3 is 2.06 bits per heavy atom. The van der Waals surface area contributed by atoms with Crippen LogP contribution in [0.5, 0.6) is 0 Å². The number of alkyl halides is 4. The van der Waals surface area contributed by atoms with Crippen molar-refractivity contribution in [2.75, 3.05) is 18.1 Å². The van der Waals surface area contributed by atoms with E-state index < -0.39 is 40.3 Å². The molecule has 0 aliphatic rings. The maximum atomic E-state index is 11.9. The highest BCUT2D eigenvalue weighted by atomic mass is 79.9. The Hall–Kier alpha value is 0.180. The van der Waals surface area contributed by atoms with Crippen LogP contribution in [0.3, 0.4) is 0 Å². The molecule has 104 valence electrons. The number of hydrogen-bond acceptors (Lipinski definition) is 2. The predicted octanol–water partition coefficient (Wildman–Crippen LogP) is 2.76. The van der Waals surface area contributed by atoms with Crippen LogP contribution < -0.4 is 0 Å². The van der Waals surface area contributed by atoms with Gasteiger partial charge in [0.25, 0.3) is 0 Å². The number of sulfonamides is 1. The summed E-state index contributed by atoms with van der Waals surface area (Å²) in [5.74, 6) is -0.487. The van der Waals surface area contributed by atoms with E-state index in [0.29, 0.717) is 5.33 Å². The van der Waals surface area contributed by atoms with E-state index in [1.54, 1.807) is 13.8 Å². The molecule has 0 bridgehead atoms. The maximum absolute atomic E-state index is 11.9. The predicted molar refractivity (Wildman–Crippen MR) is 64.7 cm³/mol. The molecule has 0 rings (SSSR count). The molecule has 0 aromatic carbocycles. The molecule has 0 spiro atoms. The monoisotopic (exact) mass is 339 g/mol. The molecule has 0 heterocycles. The number of hydrogen-bond donors (Lipinski definition) is 0. The molecule has 3 nitrogen and oxygen atoms in total. The lowest BCUT2D eigenvalue weighted by molar-refractivity contribution is -0.134. The van der Waals surface area contributed by atoms with Gasteiger partial charge in [-0.25, -0.2) is 8.42 Å². The van der Waals surface area contributed by atoms with E-state index in [1.807, 2.05) is 0 Å². The van der Waals surface area contributed by atoms with Crippen molar-refractivity contribution < 1.29 is 21.6 Å². The smallest absolute Gasteiger partial charge is 0.212 e. The van der Waals surface area contributed by atoms with Crippen molar-refractivity contribution >= 4 is 26.0 Å². The molecule has 8 heteroatoms. The van der Waals surface area contributed by atoms with Gasteiger partial charge in [0.1, 0.15) is 0 Å². The van der Waals surface area contributed by atoms with Crippen LogP contribution in [-0.2, 0) is 10.0 Å². The van der Waals surface area contributed by atoms with Crippen molar-refractivity contribution in [2.24, 2.45) is 0 Å². The fourth-order valence-electron chi connectivity index (χ4n) is 1.05. The zero-order chi connectivity index (χ0) is 13.9. The summed E-state index contributed by atoms with van der Waals surface area (Å²) in [4.78, 5) is 0. The van der Waals surface area contributed by atoms with Gasteiger partial charge < -0.3 is 0 Å². The third-order valence-corrected chi connectivity index (χ3v) is 5.96. The molecule has 0 aliphatic carbocycles. The first-order valence-electron chi connectivity index (χ1n) is 5.02. The van der Waals surface area contributed by atoms with Crippen molar-refractivity contribution in [1.82, 2.24) is 4.31 Å². The Kier molecular flexibility index (Phi) is 5.94. The Morgan fingerprint density at radius 1 is 1.24 bits per heavy atom. The molecule has 0 aliphatic heterocycles. The average Bonchev–Trinajstić information content (AvgIpc) is 2.14. The van der Waals surface area contributed by atoms with E-state index in [1.165, 1.54) is 7.05 Å². The first kappa shape index (κ1) is 17.2. The molecule has 0 amide bonds. The molecule has 0 aromatic heterocycles. The molecule has 0 N–H and O–H groups in total. The van der Waals surface area contributed by atoms with E-state index in [4.69, 9.17) is 0 Å². The van der Waals surface area contributed by atoms with E-state index >= 15 is 0 Å². The van der Waals surface area contributed by atoms with E-state index in [2.05, 4.69) is 15.9 Å². The number of rotatable bonds is 6. The van der Waals surface area contributed by atoms with Gasteiger partial charge in [-0.15, -0.1) is 0 Å². The zero-order valence-electron chi connectivity index (χ0n) is 10.0. The third kappa shape index (κ3) is 6.05. The minimum absolute atomic E-state index is 0.408. The molecule has 0 saturated heterocycles. The Labute approximate surface area is 109 Å². The standard InChI is InChI=1S/C9H17BrF3NO2S/c1-8(2,7-10)14(3)17(15,16)6-4-5-9(11,12)13/h4-7H2,1-3H3. The van der Waals surface area contributed by atoms with Crippen LogP contribution in [0.1, 0.15) is 26.7 Å². The van der Waals surface area contributed by atoms with Gasteiger partial charge >= 0.3 is 6.18 Å². The molecular formula is C9H17BrF3NO2S. The zero-order valence-corrected chi connectivity index (χ0v) is 12.4. The van der Waals surface area contributed by atoms with Gasteiger partial charge in [-0.05, 0) is 20.3 Å². The molecule has 0 aromatic rings. The molecule has 0 fully saturated rings. The third-order valence-electron chi connectivity index (χ3n) is 2.46. The lowest BCUT2D eigenvalue weighted by atomic mass is 10.1. The summed E-state index contributed by atoms with van der Waals surface area (Å²) in [6.07, 6.45) is -5.79. The van der Waals surface area contributed by atoms with Crippen LogP contribution >= 0.6 is 15.9 Å². The molecule has 17 heavy (non-hydrogen) atoms. The Morgan fingerprint density at radius 2 is 1.71 bits per heavy atom. The van der Waals surface area contributed by atoms with Crippen molar-refractivity contribution in [3.8, 4) is 0 Å². The van der Waals surface area contributed by atoms with Crippen molar-refractivity contribution in [3.63, 3.8) is 0 Å². The van der Waals surface area contributed by atoms with Crippen LogP contribution in [0, 0.1) is 0 Å². The molecule has 0 saturated carbocycles. The molecule has 0 unspecified atom stereocenters. The highest BCUT2D eigenvalue weighted by Gasteiger charge is 2.33. The number of halogens is 4. The van der Waals surface area contributed by atoms with E-state index in [0.717, 1.165) is 4.31 Å². The fourth-order valence-corrected chi connectivity index (χ4v) is 3.20.